The fourth-order valence-electron chi connectivity index (χ4n) is 3.34. The summed E-state index contributed by atoms with van der Waals surface area (Å²) in [6.45, 7) is 1.86. The number of sulfonamides is 1. The van der Waals surface area contributed by atoms with Gasteiger partial charge in [-0.1, -0.05) is 6.07 Å². The van der Waals surface area contributed by atoms with Gasteiger partial charge in [0.15, 0.2) is 0 Å². The van der Waals surface area contributed by atoms with Gasteiger partial charge in [-0.2, -0.15) is 0 Å². The Morgan fingerprint density at radius 3 is 2.71 bits per heavy atom. The molecule has 0 radical (unpaired) electrons. The summed E-state index contributed by atoms with van der Waals surface area (Å²) in [6.07, 6.45) is 1.41. The lowest BCUT2D eigenvalue weighted by Gasteiger charge is -2.11. The Balaban J connectivity index is 1.84. The SMILES string of the molecule is CCOC(=O)c1c[nH]c2c(=O)[nH]c3ccc(NS(=O)(=O)c4cccc(OC)c4)cc3c12. The monoisotopic (exact) mass is 441 g/mol. The first-order chi connectivity index (χ1) is 14.8. The van der Waals surface area contributed by atoms with Gasteiger partial charge < -0.3 is 19.4 Å². The molecule has 0 aliphatic carbocycles. The second kappa shape index (κ2) is 7.80. The van der Waals surface area contributed by atoms with Crippen LogP contribution in [-0.4, -0.2) is 38.1 Å². The van der Waals surface area contributed by atoms with Crippen LogP contribution >= 0.6 is 0 Å². The topological polar surface area (TPSA) is 130 Å². The fraction of sp³-hybridized carbons (Fsp3) is 0.143. The lowest BCUT2D eigenvalue weighted by molar-refractivity contribution is 0.0529. The number of nitrogens with one attached hydrogen (secondary N) is 3. The van der Waals surface area contributed by atoms with E-state index in [2.05, 4.69) is 14.7 Å². The van der Waals surface area contributed by atoms with Gasteiger partial charge in [0.1, 0.15) is 11.3 Å². The van der Waals surface area contributed by atoms with Crippen LogP contribution in [0.1, 0.15) is 17.3 Å². The third kappa shape index (κ3) is 3.73. The molecule has 10 heteroatoms. The maximum Gasteiger partial charge on any atom is 0.340 e. The number of carbonyl (C=O) groups is 1. The molecule has 2 aromatic carbocycles. The average Bonchev–Trinajstić information content (AvgIpc) is 3.21. The van der Waals surface area contributed by atoms with Gasteiger partial charge in [-0.05, 0) is 37.3 Å². The summed E-state index contributed by atoms with van der Waals surface area (Å²) < 4.78 is 38.3. The zero-order valence-corrected chi connectivity index (χ0v) is 17.5. The Labute approximate surface area is 177 Å². The van der Waals surface area contributed by atoms with Crippen molar-refractivity contribution in [1.29, 1.82) is 0 Å². The number of aromatic amines is 2. The molecule has 2 heterocycles. The van der Waals surface area contributed by atoms with E-state index in [4.69, 9.17) is 9.47 Å². The Morgan fingerprint density at radius 2 is 1.97 bits per heavy atom. The van der Waals surface area contributed by atoms with Crippen LogP contribution in [0.15, 0.2) is 58.4 Å². The van der Waals surface area contributed by atoms with Crippen molar-refractivity contribution >= 4 is 43.5 Å². The summed E-state index contributed by atoms with van der Waals surface area (Å²) in [5.74, 6) is -0.171. The van der Waals surface area contributed by atoms with Crippen LogP contribution in [0.3, 0.4) is 0 Å². The Hall–Kier alpha value is -3.79. The van der Waals surface area contributed by atoms with Crippen LogP contribution in [-0.2, 0) is 14.8 Å². The summed E-state index contributed by atoms with van der Waals surface area (Å²) in [5, 5.41) is 0.851. The smallest absolute Gasteiger partial charge is 0.340 e. The number of carbonyl (C=O) groups excluding carboxylic acids is 1. The summed E-state index contributed by atoms with van der Waals surface area (Å²) in [7, 11) is -2.45. The molecule has 2 aromatic heterocycles. The predicted octanol–water partition coefficient (Wildman–Crippen LogP) is 3.00. The molecule has 0 spiro atoms. The molecule has 0 amide bonds. The fourth-order valence-corrected chi connectivity index (χ4v) is 4.43. The second-order valence-corrected chi connectivity index (χ2v) is 8.35. The number of H-pyrrole nitrogens is 2. The van der Waals surface area contributed by atoms with Gasteiger partial charge >= 0.3 is 5.97 Å². The molecule has 31 heavy (non-hydrogen) atoms. The zero-order chi connectivity index (χ0) is 22.2. The van der Waals surface area contributed by atoms with Crippen LogP contribution in [0.4, 0.5) is 5.69 Å². The highest BCUT2D eigenvalue weighted by Gasteiger charge is 2.20. The van der Waals surface area contributed by atoms with Crippen molar-refractivity contribution in [3.05, 3.63) is 64.6 Å². The molecular formula is C21H19N3O6S. The molecule has 9 nitrogen and oxygen atoms in total. The Morgan fingerprint density at radius 1 is 1.16 bits per heavy atom. The van der Waals surface area contributed by atoms with Crippen molar-refractivity contribution in [2.75, 3.05) is 18.4 Å². The number of rotatable bonds is 6. The summed E-state index contributed by atoms with van der Waals surface area (Å²) >= 11 is 0. The van der Waals surface area contributed by atoms with E-state index in [1.165, 1.54) is 31.5 Å². The molecule has 0 bridgehead atoms. The first kappa shape index (κ1) is 20.5. The van der Waals surface area contributed by atoms with Crippen molar-refractivity contribution < 1.29 is 22.7 Å². The second-order valence-electron chi connectivity index (χ2n) is 6.67. The molecule has 0 aliphatic rings. The minimum absolute atomic E-state index is 0.0346. The summed E-state index contributed by atoms with van der Waals surface area (Å²) in [5.41, 5.74) is 0.707. The van der Waals surface area contributed by atoms with Crippen molar-refractivity contribution in [2.24, 2.45) is 0 Å². The van der Waals surface area contributed by atoms with E-state index in [1.54, 1.807) is 31.2 Å². The molecule has 0 fully saturated rings. The third-order valence-corrected chi connectivity index (χ3v) is 6.12. The number of esters is 1. The molecule has 3 N–H and O–H groups in total. The number of methoxy groups -OCH3 is 1. The van der Waals surface area contributed by atoms with Crippen molar-refractivity contribution in [3.8, 4) is 5.75 Å². The Kier molecular flexibility index (Phi) is 5.15. The quantitative estimate of drug-likeness (QED) is 0.394. The van der Waals surface area contributed by atoms with Gasteiger partial charge in [0.05, 0.1) is 24.2 Å². The number of benzene rings is 2. The van der Waals surface area contributed by atoms with E-state index in [0.29, 0.717) is 22.0 Å². The van der Waals surface area contributed by atoms with Gasteiger partial charge in [0.25, 0.3) is 15.6 Å². The molecule has 0 atom stereocenters. The number of hydrogen-bond acceptors (Lipinski definition) is 6. The lowest BCUT2D eigenvalue weighted by Crippen LogP contribution is -2.13. The van der Waals surface area contributed by atoms with E-state index >= 15 is 0 Å². The van der Waals surface area contributed by atoms with Crippen LogP contribution in [0, 0.1) is 0 Å². The van der Waals surface area contributed by atoms with E-state index < -0.39 is 21.6 Å². The van der Waals surface area contributed by atoms with Gasteiger partial charge in [0.2, 0.25) is 0 Å². The molecule has 4 rings (SSSR count). The number of anilines is 1. The van der Waals surface area contributed by atoms with Crippen LogP contribution in [0.5, 0.6) is 5.75 Å². The average molecular weight is 441 g/mol. The van der Waals surface area contributed by atoms with Gasteiger partial charge in [-0.3, -0.25) is 9.52 Å². The summed E-state index contributed by atoms with van der Waals surface area (Å²) in [4.78, 5) is 30.3. The molecule has 0 saturated heterocycles. The summed E-state index contributed by atoms with van der Waals surface area (Å²) in [6, 6.07) is 10.7. The maximum atomic E-state index is 12.8. The first-order valence-corrected chi connectivity index (χ1v) is 10.8. The molecule has 0 aliphatic heterocycles. The van der Waals surface area contributed by atoms with Crippen LogP contribution < -0.4 is 15.0 Å². The highest BCUT2D eigenvalue weighted by molar-refractivity contribution is 7.92. The third-order valence-electron chi connectivity index (χ3n) is 4.74. The molecule has 4 aromatic rings. The normalized spacial score (nSPS) is 11.5. The largest absolute Gasteiger partial charge is 0.497 e. The molecule has 0 saturated carbocycles. The van der Waals surface area contributed by atoms with Crippen molar-refractivity contribution in [3.63, 3.8) is 0 Å². The van der Waals surface area contributed by atoms with Crippen molar-refractivity contribution in [2.45, 2.75) is 11.8 Å². The Bertz CT molecular complexity index is 1470. The zero-order valence-electron chi connectivity index (χ0n) is 16.7. The molecular weight excluding hydrogens is 422 g/mol. The molecule has 0 unspecified atom stereocenters. The van der Waals surface area contributed by atoms with Crippen LogP contribution in [0.2, 0.25) is 0 Å². The van der Waals surface area contributed by atoms with Gasteiger partial charge in [-0.25, -0.2) is 13.2 Å². The minimum Gasteiger partial charge on any atom is -0.497 e. The maximum absolute atomic E-state index is 12.8. The van der Waals surface area contributed by atoms with E-state index in [1.807, 2.05) is 0 Å². The number of pyridine rings is 1. The van der Waals surface area contributed by atoms with Gasteiger partial charge in [-0.15, -0.1) is 0 Å². The van der Waals surface area contributed by atoms with E-state index in [0.717, 1.165) is 0 Å². The highest BCUT2D eigenvalue weighted by Crippen LogP contribution is 2.29. The number of hydrogen-bond donors (Lipinski definition) is 3. The number of ether oxygens (including phenoxy) is 2. The van der Waals surface area contributed by atoms with Crippen molar-refractivity contribution in [1.82, 2.24) is 9.97 Å². The predicted molar refractivity (Wildman–Crippen MR) is 116 cm³/mol. The minimum atomic E-state index is -3.90. The number of aromatic nitrogens is 2. The van der Waals surface area contributed by atoms with Gasteiger partial charge in [0, 0.05) is 34.2 Å². The standard InChI is InChI=1S/C21H19N3O6S/c1-3-30-21(26)16-11-22-19-18(16)15-9-12(7-8-17(15)23-20(19)25)24-31(27,28)14-6-4-5-13(10-14)29-2/h4-11,22,24H,3H2,1-2H3,(H,23,25). The highest BCUT2D eigenvalue weighted by atomic mass is 32.2. The molecule has 160 valence electrons. The van der Waals surface area contributed by atoms with E-state index in [-0.39, 0.29) is 28.3 Å². The van der Waals surface area contributed by atoms with Crippen LogP contribution in [0.25, 0.3) is 21.8 Å². The number of fused-ring (bicyclic) bond motifs is 3. The first-order valence-electron chi connectivity index (χ1n) is 9.35. The lowest BCUT2D eigenvalue weighted by atomic mass is 10.1. The van der Waals surface area contributed by atoms with E-state index in [9.17, 15) is 18.0 Å².